The first-order chi connectivity index (χ1) is 9.74. The average molecular weight is 270 g/mol. The Morgan fingerprint density at radius 1 is 1.00 bits per heavy atom. The Labute approximate surface area is 118 Å². The van der Waals surface area contributed by atoms with Crippen LogP contribution in [0.25, 0.3) is 10.8 Å². The number of hydrogen-bond acceptors (Lipinski definition) is 3. The number of ether oxygens (including phenoxy) is 2. The van der Waals surface area contributed by atoms with Gasteiger partial charge < -0.3 is 9.47 Å². The minimum Gasteiger partial charge on any atom is -0.494 e. The van der Waals surface area contributed by atoms with Crippen LogP contribution in [0, 0.1) is 0 Å². The number of carbonyl (C=O) groups excluding carboxylic acids is 1. The number of fused-ring (bicyclic) bond motifs is 3. The third-order valence-electron chi connectivity index (χ3n) is 3.70. The Bertz CT molecular complexity index is 673. The summed E-state index contributed by atoms with van der Waals surface area (Å²) in [5.74, 6) is 1.85. The van der Waals surface area contributed by atoms with Crippen molar-refractivity contribution in [3.05, 3.63) is 35.4 Å². The molecule has 0 aliphatic heterocycles. The SMILES string of the molecule is CCOc1ccc2c(OCC)cc3c(c2c1)CCC3=O. The van der Waals surface area contributed by atoms with Gasteiger partial charge in [0.15, 0.2) is 5.78 Å². The third-order valence-corrected chi connectivity index (χ3v) is 3.70. The van der Waals surface area contributed by atoms with Crippen molar-refractivity contribution in [2.75, 3.05) is 13.2 Å². The molecule has 0 N–H and O–H groups in total. The Balaban J connectivity index is 2.25. The Morgan fingerprint density at radius 3 is 2.55 bits per heavy atom. The molecule has 2 aromatic carbocycles. The van der Waals surface area contributed by atoms with Crippen LogP contribution in [-0.2, 0) is 6.42 Å². The molecule has 3 heteroatoms. The maximum absolute atomic E-state index is 12.0. The first-order valence-corrected chi connectivity index (χ1v) is 7.13. The van der Waals surface area contributed by atoms with Crippen LogP contribution < -0.4 is 9.47 Å². The van der Waals surface area contributed by atoms with Gasteiger partial charge in [0.25, 0.3) is 0 Å². The summed E-state index contributed by atoms with van der Waals surface area (Å²) in [6, 6.07) is 7.90. The van der Waals surface area contributed by atoms with Gasteiger partial charge in [-0.05, 0) is 55.5 Å². The summed E-state index contributed by atoms with van der Waals surface area (Å²) in [5.41, 5.74) is 1.95. The monoisotopic (exact) mass is 270 g/mol. The zero-order valence-electron chi connectivity index (χ0n) is 11.9. The molecule has 0 saturated carbocycles. The van der Waals surface area contributed by atoms with Crippen molar-refractivity contribution in [2.45, 2.75) is 26.7 Å². The number of benzene rings is 2. The number of Topliss-reactive ketones (excluding diaryl/α,β-unsaturated/α-hetero) is 1. The van der Waals surface area contributed by atoms with Crippen molar-refractivity contribution in [3.8, 4) is 11.5 Å². The molecule has 2 aromatic rings. The molecular weight excluding hydrogens is 252 g/mol. The van der Waals surface area contributed by atoms with E-state index in [0.29, 0.717) is 19.6 Å². The van der Waals surface area contributed by atoms with E-state index in [1.54, 1.807) is 0 Å². The lowest BCUT2D eigenvalue weighted by atomic mass is 9.99. The summed E-state index contributed by atoms with van der Waals surface area (Å²) in [6.45, 7) is 5.15. The second-order valence-electron chi connectivity index (χ2n) is 4.90. The van der Waals surface area contributed by atoms with Crippen LogP contribution in [0.5, 0.6) is 11.5 Å². The molecule has 0 unspecified atom stereocenters. The average Bonchev–Trinajstić information content (AvgIpc) is 2.81. The molecule has 0 spiro atoms. The zero-order chi connectivity index (χ0) is 14.1. The molecule has 0 bridgehead atoms. The van der Waals surface area contributed by atoms with E-state index in [9.17, 15) is 4.79 Å². The second kappa shape index (κ2) is 5.16. The smallest absolute Gasteiger partial charge is 0.163 e. The maximum Gasteiger partial charge on any atom is 0.163 e. The highest BCUT2D eigenvalue weighted by Gasteiger charge is 2.24. The van der Waals surface area contributed by atoms with Crippen molar-refractivity contribution in [2.24, 2.45) is 0 Å². The van der Waals surface area contributed by atoms with Gasteiger partial charge in [-0.1, -0.05) is 0 Å². The first kappa shape index (κ1) is 13.0. The minimum atomic E-state index is 0.213. The lowest BCUT2D eigenvalue weighted by Crippen LogP contribution is -1.98. The minimum absolute atomic E-state index is 0.213. The first-order valence-electron chi connectivity index (χ1n) is 7.13. The fourth-order valence-corrected chi connectivity index (χ4v) is 2.85. The van der Waals surface area contributed by atoms with Gasteiger partial charge >= 0.3 is 0 Å². The molecule has 0 amide bonds. The normalized spacial score (nSPS) is 13.6. The standard InChI is InChI=1S/C17H18O3/c1-3-19-11-5-6-13-14(9-11)12-7-8-16(18)15(12)10-17(13)20-4-2/h5-6,9-10H,3-4,7-8H2,1-2H3. The molecule has 0 saturated heterocycles. The second-order valence-corrected chi connectivity index (χ2v) is 4.90. The van der Waals surface area contributed by atoms with E-state index >= 15 is 0 Å². The van der Waals surface area contributed by atoms with E-state index < -0.39 is 0 Å². The third kappa shape index (κ3) is 2.03. The van der Waals surface area contributed by atoms with Gasteiger partial charge in [0.2, 0.25) is 0 Å². The fraction of sp³-hybridized carbons (Fsp3) is 0.353. The van der Waals surface area contributed by atoms with Gasteiger partial charge in [0.05, 0.1) is 13.2 Å². The molecule has 0 atom stereocenters. The predicted octanol–water partition coefficient (Wildman–Crippen LogP) is 3.77. The van der Waals surface area contributed by atoms with Crippen LogP contribution in [0.4, 0.5) is 0 Å². The lowest BCUT2D eigenvalue weighted by Gasteiger charge is -2.13. The van der Waals surface area contributed by atoms with Gasteiger partial charge in [-0.15, -0.1) is 0 Å². The molecule has 0 aromatic heterocycles. The van der Waals surface area contributed by atoms with E-state index in [0.717, 1.165) is 39.8 Å². The summed E-state index contributed by atoms with van der Waals surface area (Å²) in [5, 5.41) is 2.14. The summed E-state index contributed by atoms with van der Waals surface area (Å²) in [4.78, 5) is 12.0. The molecule has 0 fully saturated rings. The van der Waals surface area contributed by atoms with Gasteiger partial charge in [0.1, 0.15) is 11.5 Å². The van der Waals surface area contributed by atoms with Crippen LogP contribution >= 0.6 is 0 Å². The van der Waals surface area contributed by atoms with Crippen LogP contribution in [0.2, 0.25) is 0 Å². The van der Waals surface area contributed by atoms with Crippen molar-refractivity contribution in [1.82, 2.24) is 0 Å². The number of ketones is 1. The van der Waals surface area contributed by atoms with Crippen molar-refractivity contribution in [1.29, 1.82) is 0 Å². The van der Waals surface area contributed by atoms with E-state index in [1.807, 2.05) is 38.1 Å². The topological polar surface area (TPSA) is 35.5 Å². The van der Waals surface area contributed by atoms with E-state index in [1.165, 1.54) is 0 Å². The summed E-state index contributed by atoms with van der Waals surface area (Å²) in [6.07, 6.45) is 1.41. The largest absolute Gasteiger partial charge is 0.494 e. The molecular formula is C17H18O3. The van der Waals surface area contributed by atoms with Crippen molar-refractivity contribution in [3.63, 3.8) is 0 Å². The fourth-order valence-electron chi connectivity index (χ4n) is 2.85. The van der Waals surface area contributed by atoms with E-state index in [4.69, 9.17) is 9.47 Å². The predicted molar refractivity (Wildman–Crippen MR) is 78.9 cm³/mol. The Morgan fingerprint density at radius 2 is 1.80 bits per heavy atom. The quantitative estimate of drug-likeness (QED) is 0.848. The number of rotatable bonds is 4. The molecule has 20 heavy (non-hydrogen) atoms. The summed E-state index contributed by atoms with van der Waals surface area (Å²) in [7, 11) is 0. The Hall–Kier alpha value is -2.03. The Kier molecular flexibility index (Phi) is 3.35. The van der Waals surface area contributed by atoms with Crippen LogP contribution in [0.1, 0.15) is 36.2 Å². The van der Waals surface area contributed by atoms with Gasteiger partial charge in [-0.2, -0.15) is 0 Å². The molecule has 104 valence electrons. The van der Waals surface area contributed by atoms with E-state index in [2.05, 4.69) is 0 Å². The van der Waals surface area contributed by atoms with Crippen LogP contribution in [0.3, 0.4) is 0 Å². The lowest BCUT2D eigenvalue weighted by molar-refractivity contribution is 0.0994. The van der Waals surface area contributed by atoms with Gasteiger partial charge in [-0.3, -0.25) is 4.79 Å². The summed E-state index contributed by atoms with van der Waals surface area (Å²) >= 11 is 0. The van der Waals surface area contributed by atoms with Crippen LogP contribution in [-0.4, -0.2) is 19.0 Å². The number of aryl methyl sites for hydroxylation is 1. The highest BCUT2D eigenvalue weighted by atomic mass is 16.5. The highest BCUT2D eigenvalue weighted by Crippen LogP contribution is 2.38. The number of carbonyl (C=O) groups is 1. The maximum atomic E-state index is 12.0. The van der Waals surface area contributed by atoms with Crippen molar-refractivity contribution < 1.29 is 14.3 Å². The highest BCUT2D eigenvalue weighted by molar-refractivity contribution is 6.07. The van der Waals surface area contributed by atoms with Crippen molar-refractivity contribution >= 4 is 16.6 Å². The van der Waals surface area contributed by atoms with Crippen LogP contribution in [0.15, 0.2) is 24.3 Å². The zero-order valence-corrected chi connectivity index (χ0v) is 11.9. The summed E-state index contributed by atoms with van der Waals surface area (Å²) < 4.78 is 11.3. The van der Waals surface area contributed by atoms with Gasteiger partial charge in [-0.25, -0.2) is 0 Å². The molecule has 1 aliphatic carbocycles. The van der Waals surface area contributed by atoms with E-state index in [-0.39, 0.29) is 5.78 Å². The molecule has 1 aliphatic rings. The molecule has 0 heterocycles. The molecule has 3 nitrogen and oxygen atoms in total. The molecule has 0 radical (unpaired) electrons. The molecule has 3 rings (SSSR count). The van der Waals surface area contributed by atoms with Gasteiger partial charge in [0, 0.05) is 17.4 Å². The number of hydrogen-bond donors (Lipinski definition) is 0.